The fourth-order valence-electron chi connectivity index (χ4n) is 4.02. The summed E-state index contributed by atoms with van der Waals surface area (Å²) in [7, 11) is 1.31. The van der Waals surface area contributed by atoms with E-state index in [1.165, 1.54) is 31.4 Å². The third kappa shape index (κ3) is 5.68. The molecule has 0 unspecified atom stereocenters. The van der Waals surface area contributed by atoms with E-state index in [0.717, 1.165) is 5.56 Å². The molecule has 4 rings (SSSR count). The van der Waals surface area contributed by atoms with Crippen LogP contribution in [0.1, 0.15) is 35.7 Å². The first kappa shape index (κ1) is 26.0. The number of aryl methyl sites for hydroxylation is 1. The Kier molecular flexibility index (Phi) is 7.37. The van der Waals surface area contributed by atoms with Crippen molar-refractivity contribution in [1.29, 1.82) is 0 Å². The first-order valence-electron chi connectivity index (χ1n) is 11.6. The van der Waals surface area contributed by atoms with Gasteiger partial charge in [0.05, 0.1) is 24.7 Å². The Morgan fingerprint density at radius 1 is 1.14 bits per heavy atom. The van der Waals surface area contributed by atoms with E-state index in [0.29, 0.717) is 34.4 Å². The molecule has 0 fully saturated rings. The van der Waals surface area contributed by atoms with E-state index < -0.39 is 18.4 Å². The largest absolute Gasteiger partial charge is 0.490 e. The Balaban J connectivity index is 1.80. The number of imidazole rings is 1. The number of ketones is 1. The molecule has 0 aliphatic rings. The molecular weight excluding hydrogens is 490 g/mol. The molecule has 37 heavy (non-hydrogen) atoms. The van der Waals surface area contributed by atoms with Gasteiger partial charge in [0.2, 0.25) is 0 Å². The SMILES string of the molecule is CCC(=O)c1ccc(-n2cnc3c(NCCC(F)(F)F)cc(Oc4cccc(F)c4OC)cc32)cc1C. The van der Waals surface area contributed by atoms with Gasteiger partial charge in [-0.15, -0.1) is 0 Å². The maximum atomic E-state index is 14.2. The molecule has 0 radical (unpaired) electrons. The number of para-hydroxylation sites is 1. The highest BCUT2D eigenvalue weighted by atomic mass is 19.4. The molecule has 6 nitrogen and oxygen atoms in total. The highest BCUT2D eigenvalue weighted by molar-refractivity contribution is 5.97. The van der Waals surface area contributed by atoms with Crippen LogP contribution in [0.3, 0.4) is 0 Å². The molecule has 0 saturated heterocycles. The van der Waals surface area contributed by atoms with Crippen LogP contribution >= 0.6 is 0 Å². The van der Waals surface area contributed by atoms with E-state index in [1.54, 1.807) is 36.0 Å². The molecule has 1 heterocycles. The highest BCUT2D eigenvalue weighted by Crippen LogP contribution is 2.37. The van der Waals surface area contributed by atoms with Gasteiger partial charge in [-0.1, -0.05) is 13.0 Å². The summed E-state index contributed by atoms with van der Waals surface area (Å²) in [6, 6.07) is 12.7. The fraction of sp³-hybridized carbons (Fsp3) is 0.259. The number of rotatable bonds is 9. The van der Waals surface area contributed by atoms with Crippen LogP contribution in [0, 0.1) is 12.7 Å². The zero-order valence-electron chi connectivity index (χ0n) is 20.4. The summed E-state index contributed by atoms with van der Waals surface area (Å²) in [5, 5.41) is 2.79. The number of nitrogens with zero attached hydrogens (tertiary/aromatic N) is 2. The lowest BCUT2D eigenvalue weighted by atomic mass is 10.0. The van der Waals surface area contributed by atoms with Crippen LogP contribution in [0.5, 0.6) is 17.2 Å². The minimum atomic E-state index is -4.33. The van der Waals surface area contributed by atoms with Gasteiger partial charge in [0.25, 0.3) is 0 Å². The van der Waals surface area contributed by atoms with Gasteiger partial charge in [-0.25, -0.2) is 9.37 Å². The second-order valence-electron chi connectivity index (χ2n) is 8.39. The minimum Gasteiger partial charge on any atom is -0.490 e. The number of anilines is 1. The predicted molar refractivity (Wildman–Crippen MR) is 133 cm³/mol. The van der Waals surface area contributed by atoms with Crippen molar-refractivity contribution in [2.24, 2.45) is 0 Å². The fourth-order valence-corrected chi connectivity index (χ4v) is 4.02. The van der Waals surface area contributed by atoms with Crippen LogP contribution < -0.4 is 14.8 Å². The number of methoxy groups -OCH3 is 1. The lowest BCUT2D eigenvalue weighted by molar-refractivity contribution is -0.131. The Morgan fingerprint density at radius 2 is 1.92 bits per heavy atom. The van der Waals surface area contributed by atoms with Crippen molar-refractivity contribution in [2.45, 2.75) is 32.9 Å². The van der Waals surface area contributed by atoms with E-state index in [1.807, 2.05) is 13.0 Å². The maximum Gasteiger partial charge on any atom is 0.390 e. The van der Waals surface area contributed by atoms with Crippen molar-refractivity contribution < 1.29 is 31.8 Å². The van der Waals surface area contributed by atoms with Crippen molar-refractivity contribution in [3.05, 3.63) is 71.8 Å². The van der Waals surface area contributed by atoms with Crippen molar-refractivity contribution in [2.75, 3.05) is 19.0 Å². The summed E-state index contributed by atoms with van der Waals surface area (Å²) in [5.41, 5.74) is 3.39. The van der Waals surface area contributed by atoms with Crippen molar-refractivity contribution in [3.8, 4) is 22.9 Å². The van der Waals surface area contributed by atoms with Crippen molar-refractivity contribution in [1.82, 2.24) is 9.55 Å². The van der Waals surface area contributed by atoms with Crippen LogP contribution in [-0.4, -0.2) is 35.2 Å². The summed E-state index contributed by atoms with van der Waals surface area (Å²) in [6.07, 6.45) is -3.44. The molecule has 0 spiro atoms. The number of hydrogen-bond donors (Lipinski definition) is 1. The summed E-state index contributed by atoms with van der Waals surface area (Å²) >= 11 is 0. The minimum absolute atomic E-state index is 0.0235. The number of carbonyl (C=O) groups is 1. The Labute approximate surface area is 210 Å². The zero-order valence-corrected chi connectivity index (χ0v) is 20.4. The van der Waals surface area contributed by atoms with Crippen LogP contribution in [0.15, 0.2) is 54.9 Å². The number of alkyl halides is 3. The third-order valence-electron chi connectivity index (χ3n) is 5.82. The van der Waals surface area contributed by atoms with E-state index in [9.17, 15) is 22.4 Å². The molecule has 0 saturated carbocycles. The number of benzene rings is 3. The summed E-state index contributed by atoms with van der Waals surface area (Å²) < 4.78 is 65.3. The van der Waals surface area contributed by atoms with Crippen LogP contribution in [0.4, 0.5) is 23.2 Å². The number of fused-ring (bicyclic) bond motifs is 1. The number of nitrogens with one attached hydrogen (secondary N) is 1. The molecular formula is C27H25F4N3O3. The number of carbonyl (C=O) groups excluding carboxylic acids is 1. The summed E-state index contributed by atoms with van der Waals surface area (Å²) in [4.78, 5) is 16.6. The van der Waals surface area contributed by atoms with Crippen LogP contribution in [0.25, 0.3) is 16.7 Å². The summed E-state index contributed by atoms with van der Waals surface area (Å²) in [6.45, 7) is 3.26. The first-order chi connectivity index (χ1) is 17.6. The van der Waals surface area contributed by atoms with Gasteiger partial charge in [0.15, 0.2) is 23.1 Å². The van der Waals surface area contributed by atoms with Crippen LogP contribution in [0.2, 0.25) is 0 Å². The topological polar surface area (TPSA) is 65.4 Å². The normalized spacial score (nSPS) is 11.5. The quantitative estimate of drug-likeness (QED) is 0.188. The average Bonchev–Trinajstić information content (AvgIpc) is 3.27. The van der Waals surface area contributed by atoms with Gasteiger partial charge in [-0.3, -0.25) is 9.36 Å². The third-order valence-corrected chi connectivity index (χ3v) is 5.82. The Bertz CT molecular complexity index is 1450. The van der Waals surface area contributed by atoms with Gasteiger partial charge in [-0.2, -0.15) is 13.2 Å². The smallest absolute Gasteiger partial charge is 0.390 e. The second kappa shape index (κ2) is 10.5. The van der Waals surface area contributed by atoms with Gasteiger partial charge >= 0.3 is 6.18 Å². The van der Waals surface area contributed by atoms with E-state index >= 15 is 0 Å². The van der Waals surface area contributed by atoms with Crippen LogP contribution in [-0.2, 0) is 0 Å². The summed E-state index contributed by atoms with van der Waals surface area (Å²) in [5.74, 6) is -0.355. The average molecular weight is 516 g/mol. The molecule has 1 N–H and O–H groups in total. The van der Waals surface area contributed by atoms with Gasteiger partial charge in [0, 0.05) is 36.3 Å². The second-order valence-corrected chi connectivity index (χ2v) is 8.39. The lowest BCUT2D eigenvalue weighted by Crippen LogP contribution is -2.14. The number of hydrogen-bond acceptors (Lipinski definition) is 5. The van der Waals surface area contributed by atoms with Crippen molar-refractivity contribution in [3.63, 3.8) is 0 Å². The van der Waals surface area contributed by atoms with Crippen molar-refractivity contribution >= 4 is 22.5 Å². The predicted octanol–water partition coefficient (Wildman–Crippen LogP) is 7.23. The van der Waals surface area contributed by atoms with E-state index in [4.69, 9.17) is 9.47 Å². The first-order valence-corrected chi connectivity index (χ1v) is 11.6. The number of aromatic nitrogens is 2. The molecule has 3 aromatic carbocycles. The Hall–Kier alpha value is -4.08. The van der Waals surface area contributed by atoms with Gasteiger partial charge in [-0.05, 0) is 42.8 Å². The number of Topliss-reactive ketones (excluding diaryl/α,β-unsaturated/α-hetero) is 1. The molecule has 0 aliphatic heterocycles. The number of halogens is 4. The molecule has 0 atom stereocenters. The molecule has 0 aliphatic carbocycles. The molecule has 10 heteroatoms. The zero-order chi connectivity index (χ0) is 26.7. The molecule has 0 bridgehead atoms. The maximum absolute atomic E-state index is 14.2. The van der Waals surface area contributed by atoms with Gasteiger partial charge < -0.3 is 14.8 Å². The van der Waals surface area contributed by atoms with E-state index in [-0.39, 0.29) is 29.6 Å². The monoisotopic (exact) mass is 515 g/mol. The molecule has 0 amide bonds. The molecule has 4 aromatic rings. The van der Waals surface area contributed by atoms with E-state index in [2.05, 4.69) is 10.3 Å². The molecule has 194 valence electrons. The molecule has 1 aromatic heterocycles. The lowest BCUT2D eigenvalue weighted by Gasteiger charge is -2.15. The van der Waals surface area contributed by atoms with Gasteiger partial charge in [0.1, 0.15) is 17.6 Å². The highest BCUT2D eigenvalue weighted by Gasteiger charge is 2.26. The number of ether oxygens (including phenoxy) is 2. The standard InChI is InChI=1S/C27H25F4N3O3/c1-4-23(35)19-9-8-17(12-16(19)2)34-15-33-25-21(32-11-10-27(29,30)31)13-18(14-22(25)34)37-24-7-5-6-20(28)26(24)36-3/h5-9,12-15,32H,4,10-11H2,1-3H3. The Morgan fingerprint density at radius 3 is 2.59 bits per heavy atom.